The molecule has 1 aliphatic rings. The molecule has 0 bridgehead atoms. The third-order valence-corrected chi connectivity index (χ3v) is 9.79. The average Bonchev–Trinajstić information content (AvgIpc) is 3.04. The summed E-state index contributed by atoms with van der Waals surface area (Å²) in [6, 6.07) is 53.8. The third-order valence-electron chi connectivity index (χ3n) is 8.66. The van der Waals surface area contributed by atoms with E-state index in [1.54, 1.807) is 0 Å². The summed E-state index contributed by atoms with van der Waals surface area (Å²) in [6.07, 6.45) is 0. The Kier molecular flexibility index (Phi) is 4.93. The molecule has 0 unspecified atom stereocenters. The van der Waals surface area contributed by atoms with Gasteiger partial charge in [0.25, 0.3) is 0 Å². The number of hydrogen-bond acceptors (Lipinski definition) is 1. The quantitative estimate of drug-likeness (QED) is 0.156. The molecule has 0 spiro atoms. The van der Waals surface area contributed by atoms with Crippen LogP contribution in [0.1, 0.15) is 0 Å². The smallest absolute Gasteiger partial charge is 0.0207 e. The number of rotatable bonds is 2. The Labute approximate surface area is 242 Å². The van der Waals surface area contributed by atoms with E-state index in [1.807, 2.05) is 11.8 Å². The van der Waals surface area contributed by atoms with E-state index in [0.29, 0.717) is 0 Å². The molecule has 190 valence electrons. The van der Waals surface area contributed by atoms with Gasteiger partial charge in [0.1, 0.15) is 0 Å². The molecule has 41 heavy (non-hydrogen) atoms. The first-order valence-corrected chi connectivity index (χ1v) is 14.9. The second-order valence-electron chi connectivity index (χ2n) is 10.8. The van der Waals surface area contributed by atoms with E-state index >= 15 is 0 Å². The largest absolute Gasteiger partial charge is 0.0888 e. The van der Waals surface area contributed by atoms with Crippen LogP contribution in [0.25, 0.3) is 76.5 Å². The van der Waals surface area contributed by atoms with Crippen molar-refractivity contribution in [1.82, 2.24) is 0 Å². The molecule has 0 atom stereocenters. The van der Waals surface area contributed by atoms with Gasteiger partial charge in [-0.1, -0.05) is 139 Å². The monoisotopic (exact) mass is 536 g/mol. The predicted molar refractivity (Wildman–Crippen MR) is 177 cm³/mol. The zero-order valence-corrected chi connectivity index (χ0v) is 23.1. The van der Waals surface area contributed by atoms with Crippen molar-refractivity contribution in [2.24, 2.45) is 0 Å². The first-order chi connectivity index (χ1) is 20.3. The molecule has 0 fully saturated rings. The molecule has 0 amide bonds. The van der Waals surface area contributed by atoms with Crippen LogP contribution in [0.4, 0.5) is 0 Å². The molecule has 0 radical (unpaired) electrons. The maximum atomic E-state index is 2.44. The lowest BCUT2D eigenvalue weighted by Crippen LogP contribution is -1.94. The molecule has 0 saturated carbocycles. The lowest BCUT2D eigenvalue weighted by molar-refractivity contribution is 1.40. The summed E-state index contributed by atoms with van der Waals surface area (Å²) in [5.41, 5.74) is 7.78. The zero-order chi connectivity index (χ0) is 26.9. The van der Waals surface area contributed by atoms with Crippen molar-refractivity contribution in [2.75, 3.05) is 0 Å². The van der Waals surface area contributed by atoms with Crippen LogP contribution in [-0.4, -0.2) is 0 Å². The van der Waals surface area contributed by atoms with Crippen LogP contribution in [0, 0.1) is 0 Å². The van der Waals surface area contributed by atoms with E-state index < -0.39 is 0 Å². The van der Waals surface area contributed by atoms with Crippen LogP contribution >= 0.6 is 11.8 Å². The van der Waals surface area contributed by atoms with Crippen molar-refractivity contribution in [3.05, 3.63) is 146 Å². The minimum atomic E-state index is 1.25. The van der Waals surface area contributed by atoms with Gasteiger partial charge in [-0.3, -0.25) is 0 Å². The van der Waals surface area contributed by atoms with Crippen LogP contribution in [0.2, 0.25) is 0 Å². The number of benzene rings is 8. The van der Waals surface area contributed by atoms with Gasteiger partial charge in [-0.2, -0.15) is 0 Å². The highest BCUT2D eigenvalue weighted by Gasteiger charge is 2.21. The third kappa shape index (κ3) is 3.36. The highest BCUT2D eigenvalue weighted by Crippen LogP contribution is 2.50. The fourth-order valence-electron chi connectivity index (χ4n) is 6.86. The maximum absolute atomic E-state index is 2.44. The zero-order valence-electron chi connectivity index (χ0n) is 22.3. The molecular formula is C40H24S. The van der Waals surface area contributed by atoms with Gasteiger partial charge in [0, 0.05) is 15.2 Å². The second kappa shape index (κ2) is 8.83. The Balaban J connectivity index is 1.42. The predicted octanol–water partition coefficient (Wildman–Crippen LogP) is 11.8. The van der Waals surface area contributed by atoms with Gasteiger partial charge in [0.15, 0.2) is 0 Å². The summed E-state index contributed by atoms with van der Waals surface area (Å²) in [6.45, 7) is 0. The van der Waals surface area contributed by atoms with E-state index in [1.165, 1.54) is 86.3 Å². The first-order valence-electron chi connectivity index (χ1n) is 14.1. The number of fused-ring (bicyclic) bond motifs is 6. The molecule has 1 aliphatic heterocycles. The van der Waals surface area contributed by atoms with E-state index in [-0.39, 0.29) is 0 Å². The molecule has 0 aliphatic carbocycles. The Hall–Kier alpha value is -4.85. The lowest BCUT2D eigenvalue weighted by atomic mass is 9.86. The fourth-order valence-corrected chi connectivity index (χ4v) is 7.99. The normalized spacial score (nSPS) is 12.3. The van der Waals surface area contributed by atoms with Crippen molar-refractivity contribution in [2.45, 2.75) is 9.79 Å². The molecule has 8 aromatic rings. The molecule has 1 heteroatoms. The SMILES string of the molecule is c1ccc(-c2c3cccc(-c4ccc5c6c(cccc46)-c4ccccc4S5)c3cc3c2ccc2ccccc23)cc1. The Morgan fingerprint density at radius 3 is 1.95 bits per heavy atom. The summed E-state index contributed by atoms with van der Waals surface area (Å²) in [4.78, 5) is 2.66. The topological polar surface area (TPSA) is 0 Å². The Morgan fingerprint density at radius 2 is 1.02 bits per heavy atom. The summed E-state index contributed by atoms with van der Waals surface area (Å²) in [5.74, 6) is 0. The Morgan fingerprint density at radius 1 is 0.341 bits per heavy atom. The summed E-state index contributed by atoms with van der Waals surface area (Å²) in [7, 11) is 0. The van der Waals surface area contributed by atoms with E-state index in [4.69, 9.17) is 0 Å². The highest BCUT2D eigenvalue weighted by molar-refractivity contribution is 7.99. The summed E-state index contributed by atoms with van der Waals surface area (Å²) >= 11 is 1.89. The van der Waals surface area contributed by atoms with Gasteiger partial charge in [0.2, 0.25) is 0 Å². The minimum Gasteiger partial charge on any atom is -0.0888 e. The lowest BCUT2D eigenvalue weighted by Gasteiger charge is -2.22. The first kappa shape index (κ1) is 22.9. The maximum Gasteiger partial charge on any atom is 0.0207 e. The molecule has 0 N–H and O–H groups in total. The minimum absolute atomic E-state index is 1.25. The molecule has 0 nitrogen and oxygen atoms in total. The van der Waals surface area contributed by atoms with Crippen LogP contribution in [0.5, 0.6) is 0 Å². The van der Waals surface area contributed by atoms with Crippen molar-refractivity contribution in [3.63, 3.8) is 0 Å². The molecule has 9 rings (SSSR count). The van der Waals surface area contributed by atoms with Crippen LogP contribution in [0.3, 0.4) is 0 Å². The molecule has 0 saturated heterocycles. The van der Waals surface area contributed by atoms with Gasteiger partial charge in [-0.25, -0.2) is 0 Å². The highest BCUT2D eigenvalue weighted by atomic mass is 32.2. The van der Waals surface area contributed by atoms with Crippen molar-refractivity contribution < 1.29 is 0 Å². The van der Waals surface area contributed by atoms with Crippen molar-refractivity contribution in [1.29, 1.82) is 0 Å². The molecule has 0 aromatic heterocycles. The van der Waals surface area contributed by atoms with E-state index in [0.717, 1.165) is 0 Å². The Bertz CT molecular complexity index is 2330. The van der Waals surface area contributed by atoms with Crippen molar-refractivity contribution >= 4 is 54.9 Å². The molecule has 8 aromatic carbocycles. The second-order valence-corrected chi connectivity index (χ2v) is 11.9. The van der Waals surface area contributed by atoms with Crippen LogP contribution in [0.15, 0.2) is 155 Å². The number of hydrogen-bond donors (Lipinski definition) is 0. The molecular weight excluding hydrogens is 513 g/mol. The van der Waals surface area contributed by atoms with Gasteiger partial charge in [-0.05, 0) is 89.3 Å². The fraction of sp³-hybridized carbons (Fsp3) is 0. The summed E-state index contributed by atoms with van der Waals surface area (Å²) < 4.78 is 0. The van der Waals surface area contributed by atoms with Gasteiger partial charge < -0.3 is 0 Å². The van der Waals surface area contributed by atoms with Crippen LogP contribution < -0.4 is 0 Å². The standard InChI is InChI=1S/C40H24S/c1-2-11-26(12-3-1)39-33-18-8-15-28(36(33)24-35-27-13-5-4-10-25(27)20-21-34(35)39)29-22-23-38-40-31(29)16-9-17-32(40)30-14-6-7-19-37(30)41-38/h1-24H. The van der Waals surface area contributed by atoms with Gasteiger partial charge >= 0.3 is 0 Å². The van der Waals surface area contributed by atoms with E-state index in [2.05, 4.69) is 146 Å². The summed E-state index contributed by atoms with van der Waals surface area (Å²) in [5, 5.41) is 10.4. The molecule has 1 heterocycles. The van der Waals surface area contributed by atoms with E-state index in [9.17, 15) is 0 Å². The average molecular weight is 537 g/mol. The van der Waals surface area contributed by atoms with Crippen molar-refractivity contribution in [3.8, 4) is 33.4 Å². The van der Waals surface area contributed by atoms with Gasteiger partial charge in [0.05, 0.1) is 0 Å². The van der Waals surface area contributed by atoms with Gasteiger partial charge in [-0.15, -0.1) is 0 Å². The van der Waals surface area contributed by atoms with Crippen LogP contribution in [-0.2, 0) is 0 Å².